The Balaban J connectivity index is 1.45. The van der Waals surface area contributed by atoms with E-state index in [9.17, 15) is 27.9 Å². The van der Waals surface area contributed by atoms with Gasteiger partial charge in [0, 0.05) is 23.9 Å². The molecule has 0 radical (unpaired) electrons. The minimum absolute atomic E-state index is 0.0164. The van der Waals surface area contributed by atoms with Gasteiger partial charge in [0.15, 0.2) is 14.9 Å². The number of aromatic nitrogens is 2. The average molecular weight is 566 g/mol. The first kappa shape index (κ1) is 26.8. The topological polar surface area (TPSA) is 145 Å². The molecule has 0 spiro atoms. The van der Waals surface area contributed by atoms with E-state index in [1.54, 1.807) is 10.6 Å². The molecule has 1 saturated heterocycles. The molecule has 2 aliphatic heterocycles. The number of nitrogens with zero attached hydrogens (tertiary/aromatic N) is 3. The van der Waals surface area contributed by atoms with E-state index in [-0.39, 0.29) is 16.6 Å². The predicted octanol–water partition coefficient (Wildman–Crippen LogP) is 2.38. The van der Waals surface area contributed by atoms with Gasteiger partial charge in [-0.3, -0.25) is 14.0 Å². The lowest BCUT2D eigenvalue weighted by Gasteiger charge is -2.46. The Hall–Kier alpha value is -2.77. The molecule has 206 valence electrons. The number of hydrogen-bond donors (Lipinski definition) is 1. The van der Waals surface area contributed by atoms with Crippen molar-refractivity contribution in [2.45, 2.75) is 70.0 Å². The molecule has 38 heavy (non-hydrogen) atoms. The number of imidazole rings is 1. The second-order valence-electron chi connectivity index (χ2n) is 10.7. The van der Waals surface area contributed by atoms with E-state index in [1.807, 2.05) is 13.8 Å². The van der Waals surface area contributed by atoms with Gasteiger partial charge in [-0.25, -0.2) is 18.2 Å². The van der Waals surface area contributed by atoms with Gasteiger partial charge in [0.1, 0.15) is 16.9 Å². The monoisotopic (exact) mass is 565 g/mol. The van der Waals surface area contributed by atoms with Gasteiger partial charge in [0.25, 0.3) is 0 Å². The number of rotatable bonds is 7. The molecule has 4 atom stereocenters. The molecule has 13 heteroatoms. The number of β-lactam (4-membered cyclic amide) rings is 1. The molecule has 2 aromatic heterocycles. The highest BCUT2D eigenvalue weighted by atomic mass is 32.2. The van der Waals surface area contributed by atoms with Gasteiger partial charge in [0.2, 0.25) is 12.7 Å². The number of carbonyl (C=O) groups excluding carboxylic acids is 3. The summed E-state index contributed by atoms with van der Waals surface area (Å²) < 4.78 is 36.6. The van der Waals surface area contributed by atoms with Crippen LogP contribution in [0.5, 0.6) is 0 Å². The fourth-order valence-corrected chi connectivity index (χ4v) is 8.31. The zero-order chi connectivity index (χ0) is 27.6. The quantitative estimate of drug-likeness (QED) is 0.304. The van der Waals surface area contributed by atoms with Gasteiger partial charge < -0.3 is 19.5 Å². The number of aliphatic hydroxyl groups is 1. The fourth-order valence-electron chi connectivity index (χ4n) is 5.96. The molecular formula is C25H31N3O8S2. The van der Waals surface area contributed by atoms with Crippen molar-refractivity contribution >= 4 is 49.4 Å². The van der Waals surface area contributed by atoms with E-state index in [2.05, 4.69) is 4.98 Å². The van der Waals surface area contributed by atoms with Crippen LogP contribution in [-0.2, 0) is 33.7 Å². The molecule has 0 aromatic carbocycles. The summed E-state index contributed by atoms with van der Waals surface area (Å²) in [6.07, 6.45) is 7.59. The lowest BCUT2D eigenvalue weighted by atomic mass is 9.76. The van der Waals surface area contributed by atoms with Crippen LogP contribution in [0.15, 0.2) is 23.2 Å². The van der Waals surface area contributed by atoms with Gasteiger partial charge in [-0.15, -0.1) is 11.3 Å². The van der Waals surface area contributed by atoms with Crippen LogP contribution >= 0.6 is 11.3 Å². The molecule has 1 amide bonds. The number of amides is 1. The minimum atomic E-state index is -3.59. The highest BCUT2D eigenvalue weighted by Crippen LogP contribution is 2.52. The van der Waals surface area contributed by atoms with Gasteiger partial charge >= 0.3 is 11.9 Å². The van der Waals surface area contributed by atoms with E-state index in [0.29, 0.717) is 28.1 Å². The smallest absolute Gasteiger partial charge is 0.358 e. The number of fused-ring (bicyclic) bond motifs is 2. The van der Waals surface area contributed by atoms with Crippen molar-refractivity contribution < 1.29 is 37.4 Å². The maximum Gasteiger partial charge on any atom is 0.358 e. The lowest BCUT2D eigenvalue weighted by molar-refractivity contribution is -0.177. The van der Waals surface area contributed by atoms with Crippen LogP contribution in [0.4, 0.5) is 0 Å². The summed E-state index contributed by atoms with van der Waals surface area (Å²) in [5.74, 6) is -2.68. The molecule has 5 rings (SSSR count). The second-order valence-corrected chi connectivity index (χ2v) is 13.7. The second kappa shape index (κ2) is 9.45. The van der Waals surface area contributed by atoms with Crippen molar-refractivity contribution in [3.05, 3.63) is 23.1 Å². The first-order chi connectivity index (χ1) is 17.8. The van der Waals surface area contributed by atoms with Gasteiger partial charge in [-0.05, 0) is 26.7 Å². The van der Waals surface area contributed by atoms with Crippen molar-refractivity contribution in [1.82, 2.24) is 14.3 Å². The number of hydrogen-bond acceptors (Lipinski definition) is 10. The van der Waals surface area contributed by atoms with Crippen LogP contribution < -0.4 is 0 Å². The largest absolute Gasteiger partial charge is 0.427 e. The van der Waals surface area contributed by atoms with Crippen molar-refractivity contribution in [3.63, 3.8) is 0 Å². The first-order valence-electron chi connectivity index (χ1n) is 12.6. The van der Waals surface area contributed by atoms with E-state index in [0.717, 1.165) is 36.9 Å². The maximum atomic E-state index is 13.4. The maximum absolute atomic E-state index is 13.4. The van der Waals surface area contributed by atoms with Crippen molar-refractivity contribution in [2.24, 2.45) is 17.3 Å². The zero-order valence-electron chi connectivity index (χ0n) is 21.7. The molecule has 1 N–H and O–H groups in total. The lowest BCUT2D eigenvalue weighted by Crippen LogP contribution is -2.63. The third-order valence-electron chi connectivity index (χ3n) is 7.99. The molecule has 2 fully saturated rings. The van der Waals surface area contributed by atoms with E-state index in [1.165, 1.54) is 18.2 Å². The van der Waals surface area contributed by atoms with Gasteiger partial charge in [-0.1, -0.05) is 26.2 Å². The van der Waals surface area contributed by atoms with Crippen LogP contribution in [0, 0.1) is 17.3 Å². The Morgan fingerprint density at radius 1 is 1.26 bits per heavy atom. The van der Waals surface area contributed by atoms with Gasteiger partial charge in [0.05, 0.1) is 28.4 Å². The fraction of sp³-hybridized carbons (Fsp3) is 0.600. The Kier molecular flexibility index (Phi) is 6.67. The summed E-state index contributed by atoms with van der Waals surface area (Å²) in [4.78, 5) is 45.3. The summed E-state index contributed by atoms with van der Waals surface area (Å²) in [6.45, 7) is 4.66. The number of sulfone groups is 1. The van der Waals surface area contributed by atoms with E-state index >= 15 is 0 Å². The zero-order valence-corrected chi connectivity index (χ0v) is 23.3. The van der Waals surface area contributed by atoms with Crippen molar-refractivity contribution in [1.29, 1.82) is 0 Å². The molecule has 0 bridgehead atoms. The molecular weight excluding hydrogens is 534 g/mol. The molecule has 4 heterocycles. The predicted molar refractivity (Wildman–Crippen MR) is 136 cm³/mol. The molecule has 0 unspecified atom stereocenters. The van der Waals surface area contributed by atoms with Crippen molar-refractivity contribution in [3.8, 4) is 0 Å². The molecule has 3 aliphatic rings. The third-order valence-corrected chi connectivity index (χ3v) is 10.3. The Morgan fingerprint density at radius 2 is 1.95 bits per heavy atom. The highest BCUT2D eigenvalue weighted by Gasteiger charge is 2.60. The normalized spacial score (nSPS) is 25.8. The summed E-state index contributed by atoms with van der Waals surface area (Å²) in [7, 11) is -3.59. The minimum Gasteiger partial charge on any atom is -0.427 e. The number of ether oxygens (including phenoxy) is 2. The SMILES string of the molecule is C[C@@H](O)[C@H]1C(=O)N2C(C(=O)OCOC(=O)C3(C)CCCCC3)=C(c3cn4cnc(S(C)(=O)=O)c4s3)[C@H](C)[C@H]12. The summed E-state index contributed by atoms with van der Waals surface area (Å²) in [5, 5.41) is 10.2. The number of aliphatic hydroxyl groups excluding tert-OH is 1. The van der Waals surface area contributed by atoms with Crippen LogP contribution in [0.25, 0.3) is 10.4 Å². The summed E-state index contributed by atoms with van der Waals surface area (Å²) in [6, 6.07) is -0.460. The van der Waals surface area contributed by atoms with Crippen LogP contribution in [0.3, 0.4) is 0 Å². The summed E-state index contributed by atoms with van der Waals surface area (Å²) in [5.41, 5.74) is -0.0812. The number of carbonyl (C=O) groups is 3. The Morgan fingerprint density at radius 3 is 2.58 bits per heavy atom. The van der Waals surface area contributed by atoms with Crippen LogP contribution in [0.1, 0.15) is 57.8 Å². The van der Waals surface area contributed by atoms with Crippen LogP contribution in [0.2, 0.25) is 0 Å². The van der Waals surface area contributed by atoms with E-state index in [4.69, 9.17) is 9.47 Å². The number of esters is 2. The Labute approximate surface area is 224 Å². The molecule has 11 nitrogen and oxygen atoms in total. The van der Waals surface area contributed by atoms with Crippen molar-refractivity contribution in [2.75, 3.05) is 13.0 Å². The highest BCUT2D eigenvalue weighted by molar-refractivity contribution is 7.91. The number of thiazole rings is 1. The third kappa shape index (κ3) is 4.24. The average Bonchev–Trinajstić information content (AvgIpc) is 3.48. The molecule has 1 saturated carbocycles. The van der Waals surface area contributed by atoms with Crippen LogP contribution in [-0.4, -0.2) is 70.8 Å². The Bertz CT molecular complexity index is 1450. The standard InChI is InChI=1S/C25H31N3O8S2/c1-13-16(15-10-27-11-26-20(22(27)37-15)38(4,33)34)19(28-18(13)17(14(2)29)21(28)30)23(31)35-12-36-24(32)25(3)8-6-5-7-9-25/h10-11,13-14,17-18,29H,5-9,12H2,1-4H3/t13-,14+,17+,18+/m0/s1. The van der Waals surface area contributed by atoms with Gasteiger partial charge in [-0.2, -0.15) is 0 Å². The molecule has 1 aliphatic carbocycles. The summed E-state index contributed by atoms with van der Waals surface area (Å²) >= 11 is 1.14. The first-order valence-corrected chi connectivity index (χ1v) is 15.3. The molecule has 2 aromatic rings. The van der Waals surface area contributed by atoms with E-state index < -0.39 is 58.0 Å².